The van der Waals surface area contributed by atoms with Gasteiger partial charge in [-0.05, 0) is 29.7 Å². The normalized spacial score (nSPS) is 10.7. The SMILES string of the molecule is COc1ccccc1CNCCC(=O)Nc1ccc(C(C)C)cc1. The average molecular weight is 326 g/mol. The highest BCUT2D eigenvalue weighted by atomic mass is 16.5. The highest BCUT2D eigenvalue weighted by molar-refractivity contribution is 5.90. The van der Waals surface area contributed by atoms with E-state index in [1.165, 1.54) is 5.56 Å². The lowest BCUT2D eigenvalue weighted by Crippen LogP contribution is -2.21. The maximum absolute atomic E-state index is 12.0. The summed E-state index contributed by atoms with van der Waals surface area (Å²) in [6, 6.07) is 15.9. The number of carbonyl (C=O) groups excluding carboxylic acids is 1. The summed E-state index contributed by atoms with van der Waals surface area (Å²) in [6.45, 7) is 5.61. The second kappa shape index (κ2) is 9.08. The van der Waals surface area contributed by atoms with Crippen LogP contribution >= 0.6 is 0 Å². The molecule has 4 nitrogen and oxygen atoms in total. The zero-order chi connectivity index (χ0) is 17.4. The Balaban J connectivity index is 1.73. The van der Waals surface area contributed by atoms with Crippen LogP contribution in [0.2, 0.25) is 0 Å². The van der Waals surface area contributed by atoms with Crippen LogP contribution in [0.1, 0.15) is 37.3 Å². The van der Waals surface area contributed by atoms with Gasteiger partial charge in [-0.25, -0.2) is 0 Å². The zero-order valence-electron chi connectivity index (χ0n) is 14.6. The summed E-state index contributed by atoms with van der Waals surface area (Å²) in [7, 11) is 1.66. The van der Waals surface area contributed by atoms with Crippen molar-refractivity contribution in [2.75, 3.05) is 19.0 Å². The summed E-state index contributed by atoms with van der Waals surface area (Å²) in [5, 5.41) is 6.20. The molecule has 0 atom stereocenters. The quantitative estimate of drug-likeness (QED) is 0.723. The number of amides is 1. The van der Waals surface area contributed by atoms with Gasteiger partial charge in [0.15, 0.2) is 0 Å². The molecule has 0 aliphatic carbocycles. The molecule has 0 fully saturated rings. The Kier molecular flexibility index (Phi) is 6.82. The van der Waals surface area contributed by atoms with E-state index >= 15 is 0 Å². The molecule has 0 bridgehead atoms. The number of rotatable bonds is 8. The molecular formula is C20H26N2O2. The van der Waals surface area contributed by atoms with E-state index in [9.17, 15) is 4.79 Å². The van der Waals surface area contributed by atoms with E-state index in [-0.39, 0.29) is 5.91 Å². The monoisotopic (exact) mass is 326 g/mol. The van der Waals surface area contributed by atoms with Gasteiger partial charge in [-0.1, -0.05) is 44.2 Å². The largest absolute Gasteiger partial charge is 0.496 e. The molecule has 0 saturated carbocycles. The van der Waals surface area contributed by atoms with Gasteiger partial charge in [0.2, 0.25) is 5.91 Å². The van der Waals surface area contributed by atoms with Crippen LogP contribution in [0.5, 0.6) is 5.75 Å². The molecule has 0 aromatic heterocycles. The molecule has 0 aliphatic heterocycles. The third-order valence-electron chi connectivity index (χ3n) is 3.90. The standard InChI is InChI=1S/C20H26N2O2/c1-15(2)16-8-10-18(11-9-16)22-20(23)12-13-21-14-17-6-4-5-7-19(17)24-3/h4-11,15,21H,12-14H2,1-3H3,(H,22,23). The summed E-state index contributed by atoms with van der Waals surface area (Å²) >= 11 is 0. The van der Waals surface area contributed by atoms with Gasteiger partial charge in [-0.3, -0.25) is 4.79 Å². The fraction of sp³-hybridized carbons (Fsp3) is 0.350. The van der Waals surface area contributed by atoms with Crippen molar-refractivity contribution >= 4 is 11.6 Å². The minimum Gasteiger partial charge on any atom is -0.496 e. The van der Waals surface area contributed by atoms with Gasteiger partial charge < -0.3 is 15.4 Å². The van der Waals surface area contributed by atoms with Crippen LogP contribution < -0.4 is 15.4 Å². The van der Waals surface area contributed by atoms with Crippen molar-refractivity contribution in [1.82, 2.24) is 5.32 Å². The maximum Gasteiger partial charge on any atom is 0.225 e. The van der Waals surface area contributed by atoms with Gasteiger partial charge in [-0.15, -0.1) is 0 Å². The van der Waals surface area contributed by atoms with Crippen molar-refractivity contribution < 1.29 is 9.53 Å². The van der Waals surface area contributed by atoms with Crippen LogP contribution in [-0.2, 0) is 11.3 Å². The molecule has 0 saturated heterocycles. The predicted molar refractivity (Wildman–Crippen MR) is 98.5 cm³/mol. The first kappa shape index (κ1) is 18.0. The highest BCUT2D eigenvalue weighted by Gasteiger charge is 2.05. The Hall–Kier alpha value is -2.33. The Labute approximate surface area is 144 Å². The molecule has 0 heterocycles. The van der Waals surface area contributed by atoms with Gasteiger partial charge in [0, 0.05) is 30.8 Å². The first-order valence-electron chi connectivity index (χ1n) is 8.32. The Morgan fingerprint density at radius 1 is 1.08 bits per heavy atom. The van der Waals surface area contributed by atoms with Gasteiger partial charge >= 0.3 is 0 Å². The number of hydrogen-bond donors (Lipinski definition) is 2. The second-order valence-corrected chi connectivity index (χ2v) is 6.06. The van der Waals surface area contributed by atoms with Crippen molar-refractivity contribution in [1.29, 1.82) is 0 Å². The minimum absolute atomic E-state index is 0.0137. The van der Waals surface area contributed by atoms with Crippen LogP contribution in [0.25, 0.3) is 0 Å². The van der Waals surface area contributed by atoms with Gasteiger partial charge in [0.25, 0.3) is 0 Å². The lowest BCUT2D eigenvalue weighted by atomic mass is 10.0. The van der Waals surface area contributed by atoms with Crippen molar-refractivity contribution in [2.24, 2.45) is 0 Å². The van der Waals surface area contributed by atoms with Crippen molar-refractivity contribution in [3.63, 3.8) is 0 Å². The molecule has 2 rings (SSSR count). The van der Waals surface area contributed by atoms with Crippen molar-refractivity contribution in [2.45, 2.75) is 32.7 Å². The lowest BCUT2D eigenvalue weighted by molar-refractivity contribution is -0.116. The van der Waals surface area contributed by atoms with Crippen molar-refractivity contribution in [3.8, 4) is 5.75 Å². The van der Waals surface area contributed by atoms with E-state index in [4.69, 9.17) is 4.74 Å². The third kappa shape index (κ3) is 5.39. The van der Waals surface area contributed by atoms with Gasteiger partial charge in [0.1, 0.15) is 5.75 Å². The molecule has 2 aromatic rings. The molecule has 0 spiro atoms. The molecule has 0 unspecified atom stereocenters. The zero-order valence-corrected chi connectivity index (χ0v) is 14.6. The number of ether oxygens (including phenoxy) is 1. The summed E-state index contributed by atoms with van der Waals surface area (Å²) in [5.41, 5.74) is 3.20. The minimum atomic E-state index is 0.0137. The van der Waals surface area contributed by atoms with E-state index in [2.05, 4.69) is 36.6 Å². The topological polar surface area (TPSA) is 50.4 Å². The van der Waals surface area contributed by atoms with Crippen LogP contribution in [0.15, 0.2) is 48.5 Å². The summed E-state index contributed by atoms with van der Waals surface area (Å²) in [6.07, 6.45) is 0.432. The van der Waals surface area contributed by atoms with E-state index < -0.39 is 0 Å². The van der Waals surface area contributed by atoms with Crippen LogP contribution in [-0.4, -0.2) is 19.6 Å². The molecule has 2 N–H and O–H groups in total. The summed E-state index contributed by atoms with van der Waals surface area (Å²) < 4.78 is 5.31. The fourth-order valence-corrected chi connectivity index (χ4v) is 2.45. The first-order chi connectivity index (χ1) is 11.6. The van der Waals surface area contributed by atoms with Crippen LogP contribution in [0, 0.1) is 0 Å². The molecule has 1 amide bonds. The summed E-state index contributed by atoms with van der Waals surface area (Å²) in [4.78, 5) is 12.0. The molecule has 2 aromatic carbocycles. The number of methoxy groups -OCH3 is 1. The second-order valence-electron chi connectivity index (χ2n) is 6.06. The number of anilines is 1. The molecule has 128 valence electrons. The Morgan fingerprint density at radius 3 is 2.46 bits per heavy atom. The first-order valence-corrected chi connectivity index (χ1v) is 8.32. The van der Waals surface area contributed by atoms with E-state index in [1.807, 2.05) is 36.4 Å². The Bertz CT molecular complexity index is 651. The molecule has 0 aliphatic rings. The van der Waals surface area contributed by atoms with E-state index in [1.54, 1.807) is 7.11 Å². The lowest BCUT2D eigenvalue weighted by Gasteiger charge is -2.10. The average Bonchev–Trinajstić information content (AvgIpc) is 2.59. The van der Waals surface area contributed by atoms with Crippen LogP contribution in [0.3, 0.4) is 0 Å². The molecule has 0 radical (unpaired) electrons. The number of carbonyl (C=O) groups is 1. The van der Waals surface area contributed by atoms with Crippen molar-refractivity contribution in [3.05, 3.63) is 59.7 Å². The molecular weight excluding hydrogens is 300 g/mol. The number of nitrogens with one attached hydrogen (secondary N) is 2. The Morgan fingerprint density at radius 2 is 1.79 bits per heavy atom. The highest BCUT2D eigenvalue weighted by Crippen LogP contribution is 2.18. The van der Waals surface area contributed by atoms with E-state index in [0.717, 1.165) is 17.0 Å². The smallest absolute Gasteiger partial charge is 0.225 e. The molecule has 24 heavy (non-hydrogen) atoms. The maximum atomic E-state index is 12.0. The number of hydrogen-bond acceptors (Lipinski definition) is 3. The number of para-hydroxylation sites is 1. The van der Waals surface area contributed by atoms with Gasteiger partial charge in [0.05, 0.1) is 7.11 Å². The fourth-order valence-electron chi connectivity index (χ4n) is 2.45. The van der Waals surface area contributed by atoms with E-state index in [0.29, 0.717) is 25.4 Å². The van der Waals surface area contributed by atoms with Crippen LogP contribution in [0.4, 0.5) is 5.69 Å². The summed E-state index contributed by atoms with van der Waals surface area (Å²) in [5.74, 6) is 1.37. The third-order valence-corrected chi connectivity index (χ3v) is 3.90. The van der Waals surface area contributed by atoms with Gasteiger partial charge in [-0.2, -0.15) is 0 Å². The number of benzene rings is 2. The molecule has 4 heteroatoms. The predicted octanol–water partition coefficient (Wildman–Crippen LogP) is 3.94.